The summed E-state index contributed by atoms with van der Waals surface area (Å²) in [6.07, 6.45) is 0. The maximum absolute atomic E-state index is 0. The third kappa shape index (κ3) is 2470. The van der Waals surface area contributed by atoms with Crippen LogP contribution in [0.25, 0.3) is 0 Å². The zero-order valence-electron chi connectivity index (χ0n) is 15.5. The van der Waals surface area contributed by atoms with Gasteiger partial charge in [0.05, 0.1) is 0 Å². The van der Waals surface area contributed by atoms with Crippen molar-refractivity contribution in [3.8, 4) is 0 Å². The Balaban J connectivity index is 0. The van der Waals surface area contributed by atoms with Crippen molar-refractivity contribution in [1.82, 2.24) is 0 Å². The van der Waals surface area contributed by atoms with Gasteiger partial charge in [-0.3, -0.25) is 0 Å². The third-order valence-corrected chi connectivity index (χ3v) is 0. The van der Waals surface area contributed by atoms with Crippen LogP contribution in [0.15, 0.2) is 0 Å². The number of hydrogen-bond acceptors (Lipinski definition) is 0. The van der Waals surface area contributed by atoms with Gasteiger partial charge in [0, 0.05) is 144 Å². The van der Waals surface area contributed by atoms with E-state index in [0.29, 0.717) is 0 Å². The average Bonchev–Trinajstić information content (AvgIpc) is 0. The molecule has 0 saturated carbocycles. The van der Waals surface area contributed by atoms with Crippen LogP contribution in [0.3, 0.4) is 0 Å². The fourth-order valence-electron chi connectivity index (χ4n) is 0. The topological polar surface area (TPSA) is 765 Å². The molecule has 0 spiro atoms. The monoisotopic (exact) mass is 1050 g/mol. The fourth-order valence-corrected chi connectivity index (χ4v) is 0. The van der Waals surface area contributed by atoms with E-state index in [0.717, 1.165) is 0 Å². The molecule has 0 atom stereocenters. The quantitative estimate of drug-likeness (QED) is 0.161. The van der Waals surface area contributed by atoms with Crippen molar-refractivity contribution in [3.05, 3.63) is 0 Å². The molecule has 0 saturated heterocycles. The van der Waals surface area contributed by atoms with Gasteiger partial charge in [-0.1, -0.05) is 0 Å². The van der Waals surface area contributed by atoms with E-state index < -0.39 is 0 Å². The molecule has 0 bridgehead atoms. The Labute approximate surface area is 272 Å². The van der Waals surface area contributed by atoms with Crippen molar-refractivity contribution in [1.29, 1.82) is 0 Å². The smallest absolute Gasteiger partial charge is 0 e. The van der Waals surface area contributed by atoms with Gasteiger partial charge in [0.1, 0.15) is 0 Å². The van der Waals surface area contributed by atoms with Gasteiger partial charge in [-0.05, 0) is 0 Å². The van der Waals surface area contributed by atoms with E-state index in [1.807, 2.05) is 0 Å². The Morgan fingerprint density at radius 2 is 0.129 bits per heavy atom. The van der Waals surface area contributed by atoms with Gasteiger partial charge < -0.3 is 131 Å². The second-order valence-electron chi connectivity index (χ2n) is 0. The van der Waals surface area contributed by atoms with Crippen LogP contribution in [0.2, 0.25) is 0 Å². The van der Waals surface area contributed by atoms with Crippen LogP contribution in [-0.2, 0) is 159 Å². The summed E-state index contributed by atoms with van der Waals surface area (Å²) in [5, 5.41) is 0. The van der Waals surface area contributed by atoms with E-state index in [9.17, 15) is 0 Å². The molecule has 0 fully saturated rings. The minimum atomic E-state index is 0. The first-order chi connectivity index (χ1) is 0. The SMILES string of the molecule is O.O.O.O.O.O.O.O.O.O.O.O.O.O.O.O.O.O.[Al].[Mo].[Mo].[Mo].[Mo].[Mo].[Mo].[OH3+].[OH3+].[OH3+].[OH3+].[OH3+].[OH3+]. The van der Waals surface area contributed by atoms with Gasteiger partial charge in [0.15, 0.2) is 0 Å². The Morgan fingerprint density at radius 3 is 0.129 bits per heavy atom. The summed E-state index contributed by atoms with van der Waals surface area (Å²) in [5.41, 5.74) is 0. The van der Waals surface area contributed by atoms with Gasteiger partial charge in [-0.2, -0.15) is 0 Å². The Bertz CT molecular complexity index is 28.0. The second kappa shape index (κ2) is 2630. The van der Waals surface area contributed by atoms with Gasteiger partial charge in [0.25, 0.3) is 0 Å². The molecule has 0 aliphatic carbocycles. The fraction of sp³-hybridized carbons (Fsp3) is 0. The van der Waals surface area contributed by atoms with Gasteiger partial charge >= 0.3 is 0 Å². The van der Waals surface area contributed by atoms with Gasteiger partial charge in [0.2, 0.25) is 0 Å². The first-order valence-electron chi connectivity index (χ1n) is 0. The van der Waals surface area contributed by atoms with Gasteiger partial charge in [-0.25, -0.2) is 0 Å². The van der Waals surface area contributed by atoms with Crippen molar-refractivity contribution >= 4 is 17.4 Å². The molecule has 0 aliphatic rings. The van der Waals surface area contributed by atoms with E-state index in [-0.39, 0.29) is 275 Å². The summed E-state index contributed by atoms with van der Waals surface area (Å²) < 4.78 is 0. The summed E-state index contributed by atoms with van der Waals surface area (Å²) in [6, 6.07) is 0. The van der Waals surface area contributed by atoms with Crippen molar-refractivity contribution in [2.45, 2.75) is 0 Å². The normalized spacial score (nSPS) is 0. The summed E-state index contributed by atoms with van der Waals surface area (Å²) in [6.45, 7) is 0. The first-order valence-corrected chi connectivity index (χ1v) is 0. The van der Waals surface area contributed by atoms with E-state index >= 15 is 0 Å². The Morgan fingerprint density at radius 1 is 0.129 bits per heavy atom. The van der Waals surface area contributed by atoms with Crippen molar-refractivity contribution in [2.24, 2.45) is 0 Å². The maximum atomic E-state index is 0. The van der Waals surface area contributed by atoms with Crippen molar-refractivity contribution < 1.29 is 258 Å². The molecule has 231 valence electrons. The van der Waals surface area contributed by atoms with Crippen molar-refractivity contribution in [2.75, 3.05) is 0 Å². The minimum absolute atomic E-state index is 0. The molecular formula is H54AlMo6O24+6. The van der Waals surface area contributed by atoms with E-state index in [4.69, 9.17) is 0 Å². The Kier molecular flexibility index (Phi) is 244000. The summed E-state index contributed by atoms with van der Waals surface area (Å²) in [4.78, 5) is 0. The van der Waals surface area contributed by atoms with E-state index in [1.165, 1.54) is 0 Å². The van der Waals surface area contributed by atoms with Crippen LogP contribution < -0.4 is 0 Å². The predicted octanol–water partition coefficient (Wildman–Crippen LogP) is -20.8. The van der Waals surface area contributed by atoms with Crippen LogP contribution in [0.4, 0.5) is 0 Å². The molecule has 31 heteroatoms. The summed E-state index contributed by atoms with van der Waals surface area (Å²) in [5.74, 6) is 0. The van der Waals surface area contributed by atoms with Crippen molar-refractivity contribution in [3.63, 3.8) is 0 Å². The van der Waals surface area contributed by atoms with Crippen LogP contribution >= 0.6 is 0 Å². The number of hydrogen-bond donors (Lipinski definition) is 0. The molecule has 0 aromatic rings. The zero-order valence-corrected chi connectivity index (χ0v) is 28.7. The minimum Gasteiger partial charge on any atom is -0.457 e. The molecule has 3 radical (unpaired) electrons. The molecule has 54 N–H and O–H groups in total. The first kappa shape index (κ1) is 2880. The van der Waals surface area contributed by atoms with Crippen LogP contribution in [0.1, 0.15) is 0 Å². The molecular weight excluding hydrogens is 987 g/mol. The van der Waals surface area contributed by atoms with E-state index in [1.54, 1.807) is 0 Å². The second-order valence-corrected chi connectivity index (χ2v) is 0. The molecule has 0 amide bonds. The largest absolute Gasteiger partial charge is 0.457 e. The number of rotatable bonds is 0. The molecule has 0 rings (SSSR count). The standard InChI is InChI=1S/Al.6Mo.24H2O/h;;;;;;;24*1H2/p+6. The molecule has 0 heterocycles. The molecule has 0 aromatic heterocycles. The average molecular weight is 1040 g/mol. The molecule has 0 unspecified atom stereocenters. The molecule has 31 heavy (non-hydrogen) atoms. The van der Waals surface area contributed by atoms with E-state index in [2.05, 4.69) is 0 Å². The van der Waals surface area contributed by atoms with Crippen LogP contribution in [-0.4, -0.2) is 116 Å². The summed E-state index contributed by atoms with van der Waals surface area (Å²) in [7, 11) is 0. The zero-order chi connectivity index (χ0) is 0. The maximum Gasteiger partial charge on any atom is 0 e. The molecule has 0 aliphatic heterocycles. The third-order valence-electron chi connectivity index (χ3n) is 0. The van der Waals surface area contributed by atoms with Crippen LogP contribution in [0.5, 0.6) is 0 Å². The molecule has 24 nitrogen and oxygen atoms in total. The Hall–Kier alpha value is 3.70. The summed E-state index contributed by atoms with van der Waals surface area (Å²) >= 11 is 0. The van der Waals surface area contributed by atoms with Gasteiger partial charge in [-0.15, -0.1) is 0 Å². The van der Waals surface area contributed by atoms with Crippen LogP contribution in [0, 0.1) is 0 Å². The molecule has 0 aromatic carbocycles. The predicted molar refractivity (Wildman–Crippen MR) is 100 cm³/mol.